The lowest BCUT2D eigenvalue weighted by Gasteiger charge is -2.39. The number of amides is 1. The van der Waals surface area contributed by atoms with E-state index in [-0.39, 0.29) is 24.0 Å². The van der Waals surface area contributed by atoms with Crippen LogP contribution in [0.2, 0.25) is 0 Å². The molecule has 1 aromatic rings. The van der Waals surface area contributed by atoms with Crippen molar-refractivity contribution in [2.45, 2.75) is 141 Å². The molecule has 4 rings (SSSR count). The molecule has 1 heterocycles. The molecule has 10 heteroatoms. The first kappa shape index (κ1) is 36.5. The fourth-order valence-corrected chi connectivity index (χ4v) is 8.15. The van der Waals surface area contributed by atoms with E-state index in [4.69, 9.17) is 21.3 Å². The van der Waals surface area contributed by atoms with Crippen LogP contribution in [0.4, 0.5) is 5.69 Å². The van der Waals surface area contributed by atoms with Gasteiger partial charge in [0.05, 0.1) is 11.8 Å². The van der Waals surface area contributed by atoms with Gasteiger partial charge < -0.3 is 31.3 Å². The SMILES string of the molecule is COC1CCC(N(C(=O)C2CCC(C)CC2)c2cc(C3CCC(C)(C)CC3)sc2C(=O)O)CC1.NCCCC[C@H](N)C(=O)O. The molecule has 0 saturated heterocycles. The molecular formula is C34H57N3O6S. The highest BCUT2D eigenvalue weighted by Gasteiger charge is 2.38. The Labute approximate surface area is 268 Å². The largest absolute Gasteiger partial charge is 0.480 e. The first-order valence-corrected chi connectivity index (χ1v) is 17.6. The Morgan fingerprint density at radius 1 is 1.00 bits per heavy atom. The number of carbonyl (C=O) groups excluding carboxylic acids is 1. The van der Waals surface area contributed by atoms with Gasteiger partial charge in [-0.1, -0.05) is 27.2 Å². The number of thiophene rings is 1. The second-order valence-electron chi connectivity index (χ2n) is 14.2. The fraction of sp³-hybridized carbons (Fsp3) is 0.794. The minimum Gasteiger partial charge on any atom is -0.480 e. The van der Waals surface area contributed by atoms with Gasteiger partial charge in [-0.15, -0.1) is 11.3 Å². The number of aromatic carboxylic acids is 1. The highest BCUT2D eigenvalue weighted by atomic mass is 32.1. The van der Waals surface area contributed by atoms with E-state index in [2.05, 4.69) is 26.8 Å². The molecule has 1 atom stereocenters. The molecule has 6 N–H and O–H groups in total. The monoisotopic (exact) mass is 635 g/mol. The van der Waals surface area contributed by atoms with Gasteiger partial charge in [-0.25, -0.2) is 4.79 Å². The third-order valence-electron chi connectivity index (χ3n) is 10.2. The first-order chi connectivity index (χ1) is 20.9. The molecule has 0 bridgehead atoms. The normalized spacial score (nSPS) is 26.2. The van der Waals surface area contributed by atoms with Crippen molar-refractivity contribution in [1.82, 2.24) is 0 Å². The van der Waals surface area contributed by atoms with Crippen LogP contribution in [-0.4, -0.2) is 59.9 Å². The molecule has 3 aliphatic carbocycles. The van der Waals surface area contributed by atoms with E-state index in [0.717, 1.165) is 94.8 Å². The summed E-state index contributed by atoms with van der Waals surface area (Å²) in [4.78, 5) is 40.0. The van der Waals surface area contributed by atoms with E-state index in [9.17, 15) is 19.5 Å². The summed E-state index contributed by atoms with van der Waals surface area (Å²) >= 11 is 1.42. The number of methoxy groups -OCH3 is 1. The summed E-state index contributed by atoms with van der Waals surface area (Å²) < 4.78 is 5.58. The molecule has 1 aromatic heterocycles. The summed E-state index contributed by atoms with van der Waals surface area (Å²) in [6.07, 6.45) is 14.5. The zero-order valence-electron chi connectivity index (χ0n) is 27.4. The molecule has 0 unspecified atom stereocenters. The molecule has 3 saturated carbocycles. The lowest BCUT2D eigenvalue weighted by molar-refractivity contribution is -0.138. The number of carboxylic acids is 2. The smallest absolute Gasteiger partial charge is 0.348 e. The van der Waals surface area contributed by atoms with E-state index in [0.29, 0.717) is 40.8 Å². The molecule has 44 heavy (non-hydrogen) atoms. The zero-order chi connectivity index (χ0) is 32.4. The average molecular weight is 636 g/mol. The van der Waals surface area contributed by atoms with Gasteiger partial charge in [-0.2, -0.15) is 0 Å². The van der Waals surface area contributed by atoms with Crippen molar-refractivity contribution in [3.63, 3.8) is 0 Å². The number of carboxylic acid groups (broad SMARTS) is 2. The topological polar surface area (TPSA) is 156 Å². The van der Waals surface area contributed by atoms with E-state index < -0.39 is 18.0 Å². The van der Waals surface area contributed by atoms with Crippen molar-refractivity contribution < 1.29 is 29.3 Å². The van der Waals surface area contributed by atoms with Gasteiger partial charge in [0, 0.05) is 23.9 Å². The van der Waals surface area contributed by atoms with Gasteiger partial charge in [0.15, 0.2) is 0 Å². The molecule has 0 aromatic carbocycles. The second kappa shape index (κ2) is 17.1. The maximum absolute atomic E-state index is 14.0. The van der Waals surface area contributed by atoms with E-state index in [1.807, 2.05) is 4.90 Å². The third-order valence-corrected chi connectivity index (χ3v) is 11.4. The number of nitrogens with two attached hydrogens (primary N) is 2. The lowest BCUT2D eigenvalue weighted by atomic mass is 9.73. The van der Waals surface area contributed by atoms with Crippen LogP contribution >= 0.6 is 11.3 Å². The number of ether oxygens (including phenoxy) is 1. The summed E-state index contributed by atoms with van der Waals surface area (Å²) in [5.41, 5.74) is 11.5. The van der Waals surface area contributed by atoms with E-state index in [1.54, 1.807) is 7.11 Å². The fourth-order valence-electron chi connectivity index (χ4n) is 6.99. The molecule has 0 radical (unpaired) electrons. The Bertz CT molecular complexity index is 1070. The number of hydrogen-bond acceptors (Lipinski definition) is 7. The van der Waals surface area contributed by atoms with Crippen LogP contribution in [0.3, 0.4) is 0 Å². The summed E-state index contributed by atoms with van der Waals surface area (Å²) in [5.74, 6) is -0.588. The van der Waals surface area contributed by atoms with Crippen molar-refractivity contribution in [2.75, 3.05) is 18.6 Å². The van der Waals surface area contributed by atoms with Gasteiger partial charge in [0.1, 0.15) is 10.9 Å². The minimum absolute atomic E-state index is 0.0109. The number of rotatable bonds is 11. The number of carbonyl (C=O) groups is 3. The molecule has 1 amide bonds. The van der Waals surface area contributed by atoms with Crippen molar-refractivity contribution in [3.8, 4) is 0 Å². The Morgan fingerprint density at radius 3 is 2.14 bits per heavy atom. The maximum atomic E-state index is 14.0. The third kappa shape index (κ3) is 10.3. The summed E-state index contributed by atoms with van der Waals surface area (Å²) in [6, 6.07) is 1.43. The number of nitrogens with zero attached hydrogens (tertiary/aromatic N) is 1. The van der Waals surface area contributed by atoms with Crippen LogP contribution in [0.5, 0.6) is 0 Å². The highest BCUT2D eigenvalue weighted by Crippen LogP contribution is 2.47. The molecule has 0 aliphatic heterocycles. The quantitative estimate of drug-likeness (QED) is 0.194. The Hall–Kier alpha value is -2.01. The first-order valence-electron chi connectivity index (χ1n) is 16.8. The molecular weight excluding hydrogens is 578 g/mol. The number of hydrogen-bond donors (Lipinski definition) is 4. The van der Waals surface area contributed by atoms with Crippen LogP contribution in [0.15, 0.2) is 6.07 Å². The van der Waals surface area contributed by atoms with E-state index in [1.165, 1.54) is 11.3 Å². The van der Waals surface area contributed by atoms with Crippen LogP contribution in [-0.2, 0) is 14.3 Å². The predicted molar refractivity (Wildman–Crippen MR) is 176 cm³/mol. The van der Waals surface area contributed by atoms with Crippen molar-refractivity contribution >= 4 is 34.9 Å². The Balaban J connectivity index is 0.000000456. The van der Waals surface area contributed by atoms with Crippen LogP contribution in [0, 0.1) is 17.3 Å². The van der Waals surface area contributed by atoms with Gasteiger partial charge in [-0.05, 0) is 120 Å². The van der Waals surface area contributed by atoms with Gasteiger partial charge >= 0.3 is 11.9 Å². The zero-order valence-corrected chi connectivity index (χ0v) is 28.2. The van der Waals surface area contributed by atoms with E-state index >= 15 is 0 Å². The van der Waals surface area contributed by atoms with Crippen molar-refractivity contribution in [3.05, 3.63) is 15.8 Å². The standard InChI is InChI=1S/C28H43NO4S.C6H14N2O2/c1-18-5-7-20(8-6-18)26(30)29(21-9-11-22(33-4)12-10-21)23-17-24(34-25(23)27(31)32)19-13-15-28(2,3)16-14-19;7-4-2-1-3-5(8)6(9)10/h17-22H,5-16H2,1-4H3,(H,31,32);5H,1-4,7-8H2,(H,9,10)/t;5-/m.0/s1. The molecule has 3 aliphatic rings. The van der Waals surface area contributed by atoms with Gasteiger partial charge in [-0.3, -0.25) is 9.59 Å². The molecule has 250 valence electrons. The summed E-state index contributed by atoms with van der Waals surface area (Å²) in [6.45, 7) is 7.52. The minimum atomic E-state index is -0.933. The van der Waals surface area contributed by atoms with Crippen LogP contribution in [0.1, 0.15) is 138 Å². The van der Waals surface area contributed by atoms with Crippen molar-refractivity contribution in [2.24, 2.45) is 28.7 Å². The predicted octanol–water partition coefficient (Wildman–Crippen LogP) is 6.77. The number of anilines is 1. The number of unbranched alkanes of at least 4 members (excludes halogenated alkanes) is 1. The van der Waals surface area contributed by atoms with Crippen LogP contribution in [0.25, 0.3) is 0 Å². The summed E-state index contributed by atoms with van der Waals surface area (Å²) in [7, 11) is 1.76. The number of aliphatic carboxylic acids is 1. The molecule has 9 nitrogen and oxygen atoms in total. The van der Waals surface area contributed by atoms with Crippen LogP contribution < -0.4 is 16.4 Å². The Kier molecular flexibility index (Phi) is 14.1. The summed E-state index contributed by atoms with van der Waals surface area (Å²) in [5, 5.41) is 18.5. The van der Waals surface area contributed by atoms with Gasteiger partial charge in [0.25, 0.3) is 0 Å². The molecule has 0 spiro atoms. The Morgan fingerprint density at radius 2 is 1.61 bits per heavy atom. The van der Waals surface area contributed by atoms with Gasteiger partial charge in [0.2, 0.25) is 5.91 Å². The second-order valence-corrected chi connectivity index (χ2v) is 15.3. The highest BCUT2D eigenvalue weighted by molar-refractivity contribution is 7.14. The maximum Gasteiger partial charge on any atom is 0.348 e. The average Bonchev–Trinajstić information content (AvgIpc) is 3.43. The van der Waals surface area contributed by atoms with Crippen molar-refractivity contribution in [1.29, 1.82) is 0 Å². The molecule has 3 fully saturated rings. The lowest BCUT2D eigenvalue weighted by Crippen LogP contribution is -2.47.